The fourth-order valence-corrected chi connectivity index (χ4v) is 3.89. The van der Waals surface area contributed by atoms with E-state index in [1.54, 1.807) is 0 Å². The summed E-state index contributed by atoms with van der Waals surface area (Å²) >= 11 is 18.2. The molecule has 1 heterocycles. The van der Waals surface area contributed by atoms with Crippen molar-refractivity contribution in [3.63, 3.8) is 0 Å². The van der Waals surface area contributed by atoms with Gasteiger partial charge in [0.05, 0.1) is 16.3 Å². The Bertz CT molecular complexity index is 1420. The first-order valence-corrected chi connectivity index (χ1v) is 11.2. The molecule has 1 aliphatic heterocycles. The molecule has 36 heavy (non-hydrogen) atoms. The van der Waals surface area contributed by atoms with E-state index in [1.165, 1.54) is 54.6 Å². The van der Waals surface area contributed by atoms with Gasteiger partial charge in [0.1, 0.15) is 10.7 Å². The summed E-state index contributed by atoms with van der Waals surface area (Å²) in [5.41, 5.74) is -0.606. The van der Waals surface area contributed by atoms with Gasteiger partial charge in [-0.05, 0) is 60.7 Å². The largest absolute Gasteiger partial charge is 0.416 e. The molecule has 2 N–H and O–H groups in total. The Hall–Kier alpha value is -3.53. The molecule has 184 valence electrons. The zero-order valence-corrected chi connectivity index (χ0v) is 20.1. The molecule has 0 bridgehead atoms. The third-order valence-corrected chi connectivity index (χ3v) is 5.95. The fraction of sp³-hybridized carbons (Fsp3) is 0.0417. The highest BCUT2D eigenvalue weighted by atomic mass is 35.5. The maximum atomic E-state index is 12.9. The molecule has 0 aliphatic carbocycles. The topological polar surface area (TPSA) is 78.5 Å². The Morgan fingerprint density at radius 3 is 2.19 bits per heavy atom. The normalized spacial score (nSPS) is 13.9. The summed E-state index contributed by atoms with van der Waals surface area (Å²) in [5, 5.41) is 5.14. The van der Waals surface area contributed by atoms with Crippen molar-refractivity contribution < 1.29 is 27.6 Å². The van der Waals surface area contributed by atoms with Gasteiger partial charge >= 0.3 is 6.18 Å². The van der Waals surface area contributed by atoms with Gasteiger partial charge in [-0.15, -0.1) is 0 Å². The van der Waals surface area contributed by atoms with Crippen LogP contribution in [-0.2, 0) is 15.8 Å². The van der Waals surface area contributed by atoms with Crippen molar-refractivity contribution in [3.05, 3.63) is 98.6 Å². The minimum absolute atomic E-state index is 0.0243. The van der Waals surface area contributed by atoms with Crippen LogP contribution in [0.4, 0.5) is 30.2 Å². The molecular formula is C24H13Cl3F3N3O3. The summed E-state index contributed by atoms with van der Waals surface area (Å²) < 4.78 is 38.7. The Morgan fingerprint density at radius 2 is 1.53 bits per heavy atom. The Labute approximate surface area is 217 Å². The van der Waals surface area contributed by atoms with Crippen LogP contribution < -0.4 is 15.5 Å². The molecule has 0 radical (unpaired) electrons. The van der Waals surface area contributed by atoms with Crippen LogP contribution in [0.1, 0.15) is 15.9 Å². The third kappa shape index (κ3) is 5.18. The molecule has 0 aromatic heterocycles. The fourth-order valence-electron chi connectivity index (χ4n) is 3.31. The quantitative estimate of drug-likeness (QED) is 0.344. The van der Waals surface area contributed by atoms with Crippen molar-refractivity contribution in [2.45, 2.75) is 6.18 Å². The summed E-state index contributed by atoms with van der Waals surface area (Å²) in [4.78, 5) is 38.8. The lowest BCUT2D eigenvalue weighted by atomic mass is 10.1. The average Bonchev–Trinajstić information content (AvgIpc) is 3.04. The van der Waals surface area contributed by atoms with E-state index >= 15 is 0 Å². The molecule has 0 atom stereocenters. The molecule has 4 rings (SSSR count). The van der Waals surface area contributed by atoms with Crippen LogP contribution in [0.2, 0.25) is 10.0 Å². The zero-order chi connectivity index (χ0) is 26.2. The lowest BCUT2D eigenvalue weighted by molar-refractivity contribution is -0.137. The van der Waals surface area contributed by atoms with Crippen LogP contribution in [0.3, 0.4) is 0 Å². The summed E-state index contributed by atoms with van der Waals surface area (Å²) in [5.74, 6) is -2.21. The molecule has 3 aromatic rings. The Balaban J connectivity index is 1.49. The van der Waals surface area contributed by atoms with Gasteiger partial charge in [-0.1, -0.05) is 40.9 Å². The SMILES string of the molecule is O=C(Nc1cccc(C(F)(F)F)c1)c1ccc(NC2=C(Cl)C(=O)N(c3cc(Cl)ccc3Cl)C2=O)cc1. The number of nitrogens with one attached hydrogen (secondary N) is 2. The molecule has 6 nitrogen and oxygen atoms in total. The van der Waals surface area contributed by atoms with E-state index in [1.807, 2.05) is 0 Å². The van der Waals surface area contributed by atoms with E-state index in [2.05, 4.69) is 10.6 Å². The van der Waals surface area contributed by atoms with Crippen LogP contribution in [0.15, 0.2) is 77.5 Å². The summed E-state index contributed by atoms with van der Waals surface area (Å²) in [6, 6.07) is 14.1. The van der Waals surface area contributed by atoms with E-state index in [0.717, 1.165) is 17.0 Å². The number of halogens is 6. The van der Waals surface area contributed by atoms with Gasteiger partial charge in [-0.2, -0.15) is 13.2 Å². The van der Waals surface area contributed by atoms with Crippen LogP contribution in [0.25, 0.3) is 0 Å². The molecule has 0 unspecified atom stereocenters. The molecule has 3 aromatic carbocycles. The second kappa shape index (κ2) is 9.85. The maximum Gasteiger partial charge on any atom is 0.416 e. The number of nitrogens with zero attached hydrogens (tertiary/aromatic N) is 1. The van der Waals surface area contributed by atoms with E-state index in [4.69, 9.17) is 34.8 Å². The van der Waals surface area contributed by atoms with E-state index in [9.17, 15) is 27.6 Å². The summed E-state index contributed by atoms with van der Waals surface area (Å²) in [6.07, 6.45) is -4.54. The van der Waals surface area contributed by atoms with Crippen LogP contribution in [0.5, 0.6) is 0 Å². The second-order valence-electron chi connectivity index (χ2n) is 7.47. The number of anilines is 3. The molecule has 3 amide bonds. The van der Waals surface area contributed by atoms with Gasteiger partial charge in [0.2, 0.25) is 0 Å². The third-order valence-electron chi connectivity index (χ3n) is 5.04. The minimum atomic E-state index is -4.54. The highest BCUT2D eigenvalue weighted by molar-refractivity contribution is 6.54. The van der Waals surface area contributed by atoms with E-state index in [-0.39, 0.29) is 37.7 Å². The number of benzene rings is 3. The van der Waals surface area contributed by atoms with Gasteiger partial charge in [0, 0.05) is 22.0 Å². The molecule has 0 saturated carbocycles. The van der Waals surface area contributed by atoms with Gasteiger partial charge in [0.25, 0.3) is 17.7 Å². The number of amides is 3. The summed E-state index contributed by atoms with van der Waals surface area (Å²) in [6.45, 7) is 0. The van der Waals surface area contributed by atoms with Crippen LogP contribution in [0, 0.1) is 0 Å². The first kappa shape index (κ1) is 25.6. The number of carbonyl (C=O) groups is 3. The highest BCUT2D eigenvalue weighted by Gasteiger charge is 2.40. The highest BCUT2D eigenvalue weighted by Crippen LogP contribution is 2.36. The molecule has 12 heteroatoms. The second-order valence-corrected chi connectivity index (χ2v) is 8.69. The van der Waals surface area contributed by atoms with E-state index < -0.39 is 29.5 Å². The van der Waals surface area contributed by atoms with Gasteiger partial charge < -0.3 is 10.6 Å². The standard InChI is InChI=1S/C24H13Cl3F3N3O3/c25-14-6-9-17(26)18(11-14)33-22(35)19(27)20(23(33)36)31-15-7-4-12(5-8-15)21(34)32-16-3-1-2-13(10-16)24(28,29)30/h1-11,31H,(H,32,34). The molecule has 0 fully saturated rings. The first-order chi connectivity index (χ1) is 17.0. The maximum absolute atomic E-state index is 12.9. The Kier molecular flexibility index (Phi) is 6.99. The molecule has 0 saturated heterocycles. The van der Waals surface area contributed by atoms with Gasteiger partial charge in [-0.3, -0.25) is 14.4 Å². The predicted octanol–water partition coefficient (Wildman–Crippen LogP) is 6.70. The van der Waals surface area contributed by atoms with Gasteiger partial charge in [0.15, 0.2) is 0 Å². The van der Waals surface area contributed by atoms with Crippen molar-refractivity contribution in [2.24, 2.45) is 0 Å². The smallest absolute Gasteiger partial charge is 0.350 e. The monoisotopic (exact) mass is 553 g/mol. The lowest BCUT2D eigenvalue weighted by Gasteiger charge is -2.17. The number of rotatable bonds is 5. The van der Waals surface area contributed by atoms with Crippen molar-refractivity contribution in [2.75, 3.05) is 15.5 Å². The van der Waals surface area contributed by atoms with Crippen molar-refractivity contribution in [1.82, 2.24) is 0 Å². The number of hydrogen-bond acceptors (Lipinski definition) is 4. The zero-order valence-electron chi connectivity index (χ0n) is 17.8. The average molecular weight is 555 g/mol. The number of hydrogen-bond donors (Lipinski definition) is 2. The molecule has 1 aliphatic rings. The van der Waals surface area contributed by atoms with Crippen LogP contribution in [-0.4, -0.2) is 17.7 Å². The number of alkyl halides is 3. The number of imide groups is 1. The van der Waals surface area contributed by atoms with Crippen molar-refractivity contribution in [3.8, 4) is 0 Å². The van der Waals surface area contributed by atoms with E-state index in [0.29, 0.717) is 5.69 Å². The van der Waals surface area contributed by atoms with Crippen molar-refractivity contribution >= 4 is 69.6 Å². The van der Waals surface area contributed by atoms with Crippen LogP contribution >= 0.6 is 34.8 Å². The summed E-state index contributed by atoms with van der Waals surface area (Å²) in [7, 11) is 0. The van der Waals surface area contributed by atoms with Gasteiger partial charge in [-0.25, -0.2) is 4.90 Å². The van der Waals surface area contributed by atoms with Crippen molar-refractivity contribution in [1.29, 1.82) is 0 Å². The first-order valence-electron chi connectivity index (χ1n) is 10.0. The number of carbonyl (C=O) groups excluding carboxylic acids is 3. The predicted molar refractivity (Wildman–Crippen MR) is 131 cm³/mol. The Morgan fingerprint density at radius 1 is 0.833 bits per heavy atom. The minimum Gasteiger partial charge on any atom is -0.350 e. The lowest BCUT2D eigenvalue weighted by Crippen LogP contribution is -2.32. The molecular weight excluding hydrogens is 542 g/mol. The molecule has 0 spiro atoms.